The van der Waals surface area contributed by atoms with Gasteiger partial charge >= 0.3 is 35.1 Å². The predicted octanol–water partition coefficient (Wildman–Crippen LogP) is 4.94. The zero-order chi connectivity index (χ0) is 33.1. The largest absolute Gasteiger partial charge is 0.468 e. The molecule has 10 heteroatoms. The maximum Gasteiger partial charge on any atom is 0.376 e. The minimum atomic E-state index is -2.38. The highest BCUT2D eigenvalue weighted by molar-refractivity contribution is 6.05. The predicted molar refractivity (Wildman–Crippen MR) is 167 cm³/mol. The third kappa shape index (κ3) is 4.92. The molecule has 0 bridgehead atoms. The van der Waals surface area contributed by atoms with Crippen LogP contribution in [0.2, 0.25) is 0 Å². The molecule has 10 nitrogen and oxygen atoms in total. The fourth-order valence-electron chi connectivity index (χ4n) is 6.44. The monoisotopic (exact) mass is 630 g/mol. The van der Waals surface area contributed by atoms with Crippen LogP contribution in [-0.4, -0.2) is 53.9 Å². The first-order valence-electron chi connectivity index (χ1n) is 14.9. The third-order valence-corrected chi connectivity index (χ3v) is 8.68. The van der Waals surface area contributed by atoms with Gasteiger partial charge in [0.05, 0.1) is 13.5 Å². The Morgan fingerprint density at radius 2 is 1.32 bits per heavy atom. The molecular weight excluding hydrogens is 600 g/mol. The van der Waals surface area contributed by atoms with Crippen molar-refractivity contribution in [1.29, 1.82) is 0 Å². The number of cyclic esters (lactones) is 1. The van der Waals surface area contributed by atoms with E-state index >= 15 is 0 Å². The summed E-state index contributed by atoms with van der Waals surface area (Å²) in [6, 6.07) is 34.6. The number of hydrogen-bond acceptors (Lipinski definition) is 8. The van der Waals surface area contributed by atoms with Crippen LogP contribution in [0, 0.1) is 6.57 Å². The fraction of sp³-hybridized carbons (Fsp3) is 0.216. The molecule has 2 unspecified atom stereocenters. The number of nitrogens with zero attached hydrogens (tertiary/aromatic N) is 2. The fourth-order valence-corrected chi connectivity index (χ4v) is 6.44. The normalized spacial score (nSPS) is 20.8. The lowest BCUT2D eigenvalue weighted by Crippen LogP contribution is -2.64. The Morgan fingerprint density at radius 1 is 0.830 bits per heavy atom. The SMILES string of the molecule is [C-]#[N+]C1(C(C(=O)OC)(c2ccccc2)c2ccccc2)CON(C2(C(=O)OC(c3ccccc3)c3ccccc3)CCC(=O)O2)C1=O. The zero-order valence-corrected chi connectivity index (χ0v) is 25.4. The molecule has 236 valence electrons. The van der Waals surface area contributed by atoms with Crippen LogP contribution < -0.4 is 0 Å². The number of ether oxygens (including phenoxy) is 3. The first-order valence-corrected chi connectivity index (χ1v) is 14.9. The first kappa shape index (κ1) is 31.2. The molecule has 2 fully saturated rings. The summed E-state index contributed by atoms with van der Waals surface area (Å²) in [4.78, 5) is 65.8. The van der Waals surface area contributed by atoms with E-state index in [-0.39, 0.29) is 12.8 Å². The van der Waals surface area contributed by atoms with Gasteiger partial charge in [-0.3, -0.25) is 24.1 Å². The van der Waals surface area contributed by atoms with Crippen molar-refractivity contribution in [3.05, 3.63) is 155 Å². The summed E-state index contributed by atoms with van der Waals surface area (Å²) in [6.07, 6.45) is -1.47. The standard InChI is InChI=1S/C37H30N2O8/c1-38-35(37(34(43)44-2,28-19-11-5-12-20-28)29-21-13-6-14-22-29)25-45-39(32(35)41)36(24-23-30(40)47-36)33(42)46-31(26-15-7-3-8-16-26)27-17-9-4-10-18-27/h3-22,31H,23-25H2,2H3. The van der Waals surface area contributed by atoms with Gasteiger partial charge in [-0.15, -0.1) is 0 Å². The molecule has 0 aromatic heterocycles. The molecule has 47 heavy (non-hydrogen) atoms. The number of amides is 1. The number of rotatable bonds is 9. The smallest absolute Gasteiger partial charge is 0.376 e. The molecule has 2 heterocycles. The van der Waals surface area contributed by atoms with Gasteiger partial charge in [0.2, 0.25) is 5.41 Å². The average molecular weight is 631 g/mol. The van der Waals surface area contributed by atoms with Crippen LogP contribution >= 0.6 is 0 Å². The van der Waals surface area contributed by atoms with E-state index < -0.39 is 53.2 Å². The second kappa shape index (κ2) is 12.5. The van der Waals surface area contributed by atoms with E-state index in [1.54, 1.807) is 109 Å². The molecule has 1 amide bonds. The molecule has 4 aromatic rings. The molecular formula is C37H30N2O8. The molecule has 0 N–H and O–H groups in total. The van der Waals surface area contributed by atoms with Gasteiger partial charge in [-0.2, -0.15) is 5.06 Å². The van der Waals surface area contributed by atoms with E-state index in [0.29, 0.717) is 27.3 Å². The second-order valence-corrected chi connectivity index (χ2v) is 11.2. The number of hydroxylamine groups is 2. The van der Waals surface area contributed by atoms with Crippen molar-refractivity contribution < 1.29 is 38.2 Å². The second-order valence-electron chi connectivity index (χ2n) is 11.2. The van der Waals surface area contributed by atoms with Gasteiger partial charge in [0.1, 0.15) is 0 Å². The van der Waals surface area contributed by atoms with Crippen LogP contribution in [0.4, 0.5) is 0 Å². The van der Waals surface area contributed by atoms with Gasteiger partial charge < -0.3 is 14.2 Å². The maximum atomic E-state index is 14.9. The Morgan fingerprint density at radius 3 is 1.74 bits per heavy atom. The van der Waals surface area contributed by atoms with Crippen LogP contribution in [0.5, 0.6) is 0 Å². The summed E-state index contributed by atoms with van der Waals surface area (Å²) < 4.78 is 17.0. The van der Waals surface area contributed by atoms with E-state index in [9.17, 15) is 19.2 Å². The van der Waals surface area contributed by atoms with Crippen LogP contribution in [0.25, 0.3) is 4.85 Å². The van der Waals surface area contributed by atoms with Crippen molar-refractivity contribution >= 4 is 23.8 Å². The Hall–Kier alpha value is -5.79. The Kier molecular flexibility index (Phi) is 8.33. The highest BCUT2D eigenvalue weighted by Crippen LogP contribution is 2.51. The number of benzene rings is 4. The van der Waals surface area contributed by atoms with Gasteiger partial charge in [0, 0.05) is 6.42 Å². The van der Waals surface area contributed by atoms with E-state index in [1.807, 2.05) is 12.1 Å². The van der Waals surface area contributed by atoms with E-state index in [0.717, 1.165) is 0 Å². The van der Waals surface area contributed by atoms with Crippen molar-refractivity contribution in [2.45, 2.75) is 35.6 Å². The van der Waals surface area contributed by atoms with Crippen molar-refractivity contribution in [2.75, 3.05) is 13.7 Å². The Balaban J connectivity index is 1.48. The van der Waals surface area contributed by atoms with Crippen LogP contribution in [-0.2, 0) is 43.6 Å². The molecule has 0 spiro atoms. The lowest BCUT2D eigenvalue weighted by Gasteiger charge is -2.37. The summed E-state index contributed by atoms with van der Waals surface area (Å²) in [5, 5.41) is 0.620. The van der Waals surface area contributed by atoms with Gasteiger partial charge in [-0.05, 0) is 22.3 Å². The first-order chi connectivity index (χ1) is 22.8. The van der Waals surface area contributed by atoms with Crippen LogP contribution in [0.3, 0.4) is 0 Å². The maximum absolute atomic E-state index is 14.9. The highest BCUT2D eigenvalue weighted by atomic mass is 16.8. The number of hydrogen-bond donors (Lipinski definition) is 0. The van der Waals surface area contributed by atoms with Crippen LogP contribution in [0.15, 0.2) is 121 Å². The summed E-state index contributed by atoms with van der Waals surface area (Å²) >= 11 is 0. The minimum Gasteiger partial charge on any atom is -0.468 e. The summed E-state index contributed by atoms with van der Waals surface area (Å²) in [6.45, 7) is 7.81. The van der Waals surface area contributed by atoms with Crippen molar-refractivity contribution in [1.82, 2.24) is 5.06 Å². The minimum absolute atomic E-state index is 0.228. The summed E-state index contributed by atoms with van der Waals surface area (Å²) in [5.74, 6) is -3.79. The average Bonchev–Trinajstić information content (AvgIpc) is 3.69. The molecule has 2 aliphatic heterocycles. The topological polar surface area (TPSA) is 113 Å². The van der Waals surface area contributed by atoms with E-state index in [2.05, 4.69) is 4.85 Å². The molecule has 0 aliphatic carbocycles. The van der Waals surface area contributed by atoms with Crippen molar-refractivity contribution in [3.63, 3.8) is 0 Å². The molecule has 2 atom stereocenters. The molecule has 0 radical (unpaired) electrons. The van der Waals surface area contributed by atoms with Gasteiger partial charge in [0.15, 0.2) is 12.7 Å². The third-order valence-electron chi connectivity index (χ3n) is 8.68. The lowest BCUT2D eigenvalue weighted by atomic mass is 9.61. The number of esters is 3. The van der Waals surface area contributed by atoms with Crippen molar-refractivity contribution in [2.24, 2.45) is 0 Å². The highest BCUT2D eigenvalue weighted by Gasteiger charge is 2.78. The molecule has 2 saturated heterocycles. The Labute approximate surface area is 271 Å². The van der Waals surface area contributed by atoms with E-state index in [4.69, 9.17) is 25.6 Å². The molecule has 0 saturated carbocycles. The summed E-state index contributed by atoms with van der Waals surface area (Å²) in [7, 11) is 1.17. The van der Waals surface area contributed by atoms with Crippen molar-refractivity contribution in [3.8, 4) is 0 Å². The van der Waals surface area contributed by atoms with Crippen LogP contribution in [0.1, 0.15) is 41.2 Å². The van der Waals surface area contributed by atoms with E-state index in [1.165, 1.54) is 7.11 Å². The van der Waals surface area contributed by atoms with Gasteiger partial charge in [-0.25, -0.2) is 11.4 Å². The number of carbonyl (C=O) groups is 4. The van der Waals surface area contributed by atoms with Gasteiger partial charge in [0.25, 0.3) is 0 Å². The molecule has 6 rings (SSSR count). The zero-order valence-electron chi connectivity index (χ0n) is 25.4. The summed E-state index contributed by atoms with van der Waals surface area (Å²) in [5.41, 5.74) is -4.91. The molecule has 2 aliphatic rings. The van der Waals surface area contributed by atoms with Gasteiger partial charge in [-0.1, -0.05) is 121 Å². The quantitative estimate of drug-likeness (QED) is 0.145. The number of methoxy groups -OCH3 is 1. The number of carbonyl (C=O) groups excluding carboxylic acids is 4. The lowest BCUT2D eigenvalue weighted by molar-refractivity contribution is -0.260. The molecule has 4 aromatic carbocycles. The Bertz CT molecular complexity index is 1750.